The standard InChI is InChI=1S/C12H15N3O/c13-12-11-7-3-4-8-14(11)9-5-1-2-6-10(9)15(12)16/h1-2,5-6,11,13,16H,3-4,7-8H2. The highest BCUT2D eigenvalue weighted by Gasteiger charge is 2.36. The van der Waals surface area contributed by atoms with Gasteiger partial charge in [0.1, 0.15) is 5.84 Å². The summed E-state index contributed by atoms with van der Waals surface area (Å²) in [6.07, 6.45) is 3.27. The molecule has 1 aromatic rings. The molecule has 1 fully saturated rings. The molecule has 1 atom stereocenters. The van der Waals surface area contributed by atoms with E-state index in [0.717, 1.165) is 35.8 Å². The molecule has 3 rings (SSSR count). The van der Waals surface area contributed by atoms with Crippen molar-refractivity contribution in [3.63, 3.8) is 0 Å². The molecule has 0 aliphatic carbocycles. The predicted octanol–water partition coefficient (Wildman–Crippen LogP) is 2.23. The van der Waals surface area contributed by atoms with Crippen molar-refractivity contribution >= 4 is 17.2 Å². The lowest BCUT2D eigenvalue weighted by molar-refractivity contribution is 0.299. The van der Waals surface area contributed by atoms with Crippen LogP contribution in [0.5, 0.6) is 0 Å². The Kier molecular flexibility index (Phi) is 2.11. The van der Waals surface area contributed by atoms with E-state index < -0.39 is 0 Å². The molecule has 0 amide bonds. The summed E-state index contributed by atoms with van der Waals surface area (Å²) in [6, 6.07) is 7.79. The highest BCUT2D eigenvalue weighted by Crippen LogP contribution is 2.38. The molecule has 4 nitrogen and oxygen atoms in total. The highest BCUT2D eigenvalue weighted by atomic mass is 16.5. The van der Waals surface area contributed by atoms with Crippen molar-refractivity contribution in [3.05, 3.63) is 24.3 Å². The van der Waals surface area contributed by atoms with Crippen molar-refractivity contribution in [1.29, 1.82) is 5.41 Å². The Morgan fingerprint density at radius 2 is 1.94 bits per heavy atom. The molecular weight excluding hydrogens is 202 g/mol. The smallest absolute Gasteiger partial charge is 0.149 e. The Morgan fingerprint density at radius 1 is 1.19 bits per heavy atom. The number of hydrogen-bond acceptors (Lipinski definition) is 3. The molecule has 0 saturated carbocycles. The first-order valence-corrected chi connectivity index (χ1v) is 5.72. The fourth-order valence-corrected chi connectivity index (χ4v) is 2.66. The van der Waals surface area contributed by atoms with Gasteiger partial charge in [0, 0.05) is 6.54 Å². The molecule has 0 spiro atoms. The molecule has 4 heteroatoms. The summed E-state index contributed by atoms with van der Waals surface area (Å²) >= 11 is 0. The molecule has 0 aromatic heterocycles. The minimum absolute atomic E-state index is 0.0497. The quantitative estimate of drug-likeness (QED) is 0.700. The highest BCUT2D eigenvalue weighted by molar-refractivity contribution is 6.05. The third-order valence-electron chi connectivity index (χ3n) is 3.47. The first-order valence-electron chi connectivity index (χ1n) is 5.72. The van der Waals surface area contributed by atoms with Gasteiger partial charge in [0.25, 0.3) is 0 Å². The van der Waals surface area contributed by atoms with E-state index >= 15 is 0 Å². The average molecular weight is 217 g/mol. The Labute approximate surface area is 94.6 Å². The van der Waals surface area contributed by atoms with Gasteiger partial charge in [-0.15, -0.1) is 0 Å². The number of nitrogens with zero attached hydrogens (tertiary/aromatic N) is 2. The Balaban J connectivity index is 2.11. The molecular formula is C12H15N3O. The molecule has 2 aliphatic heterocycles. The van der Waals surface area contributed by atoms with Gasteiger partial charge in [-0.25, -0.2) is 5.06 Å². The summed E-state index contributed by atoms with van der Waals surface area (Å²) in [6.45, 7) is 0.984. The van der Waals surface area contributed by atoms with Crippen LogP contribution < -0.4 is 9.96 Å². The van der Waals surface area contributed by atoms with Crippen LogP contribution in [0.15, 0.2) is 24.3 Å². The summed E-state index contributed by atoms with van der Waals surface area (Å²) in [5, 5.41) is 19.0. The molecule has 1 unspecified atom stereocenters. The van der Waals surface area contributed by atoms with Gasteiger partial charge in [-0.3, -0.25) is 10.6 Å². The van der Waals surface area contributed by atoms with Crippen LogP contribution in [0.4, 0.5) is 11.4 Å². The van der Waals surface area contributed by atoms with Crippen LogP contribution in [0.1, 0.15) is 19.3 Å². The fourth-order valence-electron chi connectivity index (χ4n) is 2.66. The van der Waals surface area contributed by atoms with Gasteiger partial charge >= 0.3 is 0 Å². The lowest BCUT2D eigenvalue weighted by atomic mass is 9.97. The summed E-state index contributed by atoms with van der Waals surface area (Å²) in [5.41, 5.74) is 1.77. The molecule has 2 heterocycles. The fraction of sp³-hybridized carbons (Fsp3) is 0.417. The number of piperidine rings is 1. The maximum Gasteiger partial charge on any atom is 0.149 e. The second-order valence-electron chi connectivity index (χ2n) is 4.39. The van der Waals surface area contributed by atoms with E-state index in [0.29, 0.717) is 5.84 Å². The van der Waals surface area contributed by atoms with Crippen molar-refractivity contribution in [1.82, 2.24) is 0 Å². The van der Waals surface area contributed by atoms with Crippen LogP contribution in [0.3, 0.4) is 0 Å². The zero-order valence-electron chi connectivity index (χ0n) is 9.06. The van der Waals surface area contributed by atoms with Crippen molar-refractivity contribution < 1.29 is 5.21 Å². The van der Waals surface area contributed by atoms with Crippen molar-refractivity contribution in [2.75, 3.05) is 16.5 Å². The summed E-state index contributed by atoms with van der Waals surface area (Å²) in [4.78, 5) is 2.24. The zero-order valence-corrected chi connectivity index (χ0v) is 9.06. The van der Waals surface area contributed by atoms with Crippen molar-refractivity contribution in [2.24, 2.45) is 0 Å². The number of fused-ring (bicyclic) bond motifs is 3. The second-order valence-corrected chi connectivity index (χ2v) is 4.39. The molecule has 1 saturated heterocycles. The average Bonchev–Trinajstić information content (AvgIpc) is 2.36. The molecule has 0 bridgehead atoms. The SMILES string of the molecule is N=C1C2CCCCN2c2ccccc2N1O. The van der Waals surface area contributed by atoms with Crippen LogP contribution in [-0.2, 0) is 0 Å². The van der Waals surface area contributed by atoms with Gasteiger partial charge in [0.2, 0.25) is 0 Å². The number of hydrogen-bond donors (Lipinski definition) is 2. The molecule has 2 aliphatic rings. The maximum atomic E-state index is 9.95. The molecule has 0 radical (unpaired) electrons. The minimum Gasteiger partial charge on any atom is -0.360 e. The van der Waals surface area contributed by atoms with Gasteiger partial charge in [-0.2, -0.15) is 0 Å². The zero-order chi connectivity index (χ0) is 11.1. The topological polar surface area (TPSA) is 50.6 Å². The monoisotopic (exact) mass is 217 g/mol. The van der Waals surface area contributed by atoms with E-state index in [1.165, 1.54) is 6.42 Å². The summed E-state index contributed by atoms with van der Waals surface area (Å²) in [7, 11) is 0. The van der Waals surface area contributed by atoms with Gasteiger partial charge in [0.05, 0.1) is 17.4 Å². The maximum absolute atomic E-state index is 9.95. The van der Waals surface area contributed by atoms with Gasteiger partial charge < -0.3 is 4.90 Å². The number of nitrogens with one attached hydrogen (secondary N) is 1. The number of hydroxylamine groups is 1. The van der Waals surface area contributed by atoms with Crippen LogP contribution in [0, 0.1) is 5.41 Å². The third kappa shape index (κ3) is 1.23. The van der Waals surface area contributed by atoms with E-state index in [1.54, 1.807) is 0 Å². The van der Waals surface area contributed by atoms with E-state index in [9.17, 15) is 5.21 Å². The van der Waals surface area contributed by atoms with Gasteiger partial charge in [-0.1, -0.05) is 12.1 Å². The van der Waals surface area contributed by atoms with Gasteiger partial charge in [-0.05, 0) is 31.4 Å². The number of rotatable bonds is 0. The number of para-hydroxylation sites is 2. The van der Waals surface area contributed by atoms with E-state index in [2.05, 4.69) is 4.90 Å². The molecule has 1 aromatic carbocycles. The van der Waals surface area contributed by atoms with Crippen LogP contribution in [0.2, 0.25) is 0 Å². The van der Waals surface area contributed by atoms with Gasteiger partial charge in [0.15, 0.2) is 0 Å². The summed E-state index contributed by atoms with van der Waals surface area (Å²) in [5.74, 6) is 0.304. The lowest BCUT2D eigenvalue weighted by Crippen LogP contribution is -2.54. The first kappa shape index (κ1) is 9.66. The first-order chi connectivity index (χ1) is 7.79. The molecule has 84 valence electrons. The Bertz CT molecular complexity index is 432. The van der Waals surface area contributed by atoms with Crippen LogP contribution in [-0.4, -0.2) is 23.6 Å². The van der Waals surface area contributed by atoms with Crippen LogP contribution >= 0.6 is 0 Å². The molecule has 16 heavy (non-hydrogen) atoms. The minimum atomic E-state index is 0.0497. The van der Waals surface area contributed by atoms with Crippen molar-refractivity contribution in [3.8, 4) is 0 Å². The van der Waals surface area contributed by atoms with Crippen molar-refractivity contribution in [2.45, 2.75) is 25.3 Å². The summed E-state index contributed by atoms with van der Waals surface area (Å²) < 4.78 is 0. The second kappa shape index (κ2) is 3.49. The number of anilines is 2. The predicted molar refractivity (Wildman–Crippen MR) is 63.4 cm³/mol. The lowest BCUT2D eigenvalue weighted by Gasteiger charge is -2.44. The largest absolute Gasteiger partial charge is 0.360 e. The normalized spacial score (nSPS) is 24.1. The van der Waals surface area contributed by atoms with Crippen LogP contribution in [0.25, 0.3) is 0 Å². The molecule has 2 N–H and O–H groups in total. The van der Waals surface area contributed by atoms with E-state index in [-0.39, 0.29) is 6.04 Å². The number of benzene rings is 1. The Hall–Kier alpha value is -1.55. The Morgan fingerprint density at radius 3 is 2.75 bits per heavy atom. The van der Waals surface area contributed by atoms with E-state index in [4.69, 9.17) is 5.41 Å². The number of amidine groups is 1. The third-order valence-corrected chi connectivity index (χ3v) is 3.47. The van der Waals surface area contributed by atoms with E-state index in [1.807, 2.05) is 24.3 Å².